The Labute approximate surface area is 114 Å². The molecule has 0 saturated carbocycles. The van der Waals surface area contributed by atoms with Crippen LogP contribution in [-0.2, 0) is 9.59 Å². The van der Waals surface area contributed by atoms with Crippen LogP contribution in [0.3, 0.4) is 0 Å². The van der Waals surface area contributed by atoms with Gasteiger partial charge in [0.1, 0.15) is 6.29 Å². The van der Waals surface area contributed by atoms with Gasteiger partial charge in [0.25, 0.3) is 0 Å². The van der Waals surface area contributed by atoms with Gasteiger partial charge in [-0.3, -0.25) is 10.6 Å². The molecule has 2 atom stereocenters. The molecule has 112 valence electrons. The third kappa shape index (κ3) is 7.22. The standard InChI is InChI=1S/C12H26N4O3/c1-9(13)3-6-15-12(5-8-17,11(18)19)16-7-4-10(2)14/h8-10,15-16H,3-7,13-14H2,1-2H3,(H,18,19). The number of rotatable bonds is 11. The third-order valence-electron chi connectivity index (χ3n) is 2.81. The summed E-state index contributed by atoms with van der Waals surface area (Å²) in [6.45, 7) is 4.52. The van der Waals surface area contributed by atoms with E-state index in [0.29, 0.717) is 32.2 Å². The van der Waals surface area contributed by atoms with Crippen molar-refractivity contribution in [1.82, 2.24) is 10.6 Å². The zero-order valence-corrected chi connectivity index (χ0v) is 11.7. The zero-order chi connectivity index (χ0) is 14.9. The van der Waals surface area contributed by atoms with Gasteiger partial charge in [0.2, 0.25) is 0 Å². The van der Waals surface area contributed by atoms with E-state index in [4.69, 9.17) is 11.5 Å². The molecule has 0 heterocycles. The maximum absolute atomic E-state index is 11.4. The van der Waals surface area contributed by atoms with E-state index in [2.05, 4.69) is 10.6 Å². The molecule has 19 heavy (non-hydrogen) atoms. The number of carbonyl (C=O) groups excluding carboxylic acids is 1. The normalized spacial score (nSPS) is 17.5. The van der Waals surface area contributed by atoms with Crippen LogP contribution in [0.5, 0.6) is 0 Å². The molecule has 0 spiro atoms. The Morgan fingerprint density at radius 1 is 1.21 bits per heavy atom. The third-order valence-corrected chi connectivity index (χ3v) is 2.81. The van der Waals surface area contributed by atoms with Gasteiger partial charge in [-0.1, -0.05) is 0 Å². The number of hydrogen-bond donors (Lipinski definition) is 5. The molecule has 0 fully saturated rings. The Bertz CT molecular complexity index is 268. The monoisotopic (exact) mass is 274 g/mol. The molecule has 0 radical (unpaired) electrons. The molecular formula is C12H26N4O3. The molecule has 0 aliphatic heterocycles. The van der Waals surface area contributed by atoms with Crippen LogP contribution in [-0.4, -0.2) is 48.2 Å². The van der Waals surface area contributed by atoms with Gasteiger partial charge in [-0.15, -0.1) is 0 Å². The number of carbonyl (C=O) groups is 2. The first-order valence-electron chi connectivity index (χ1n) is 6.52. The quantitative estimate of drug-likeness (QED) is 0.241. The summed E-state index contributed by atoms with van der Waals surface area (Å²) in [6.07, 6.45) is 1.69. The van der Waals surface area contributed by atoms with Crippen LogP contribution in [0.25, 0.3) is 0 Å². The number of nitrogens with two attached hydrogens (primary N) is 2. The summed E-state index contributed by atoms with van der Waals surface area (Å²) in [6, 6.07) is -0.0569. The average Bonchev–Trinajstić information content (AvgIpc) is 2.27. The van der Waals surface area contributed by atoms with Crippen molar-refractivity contribution in [3.8, 4) is 0 Å². The lowest BCUT2D eigenvalue weighted by Gasteiger charge is -2.30. The van der Waals surface area contributed by atoms with Crippen molar-refractivity contribution in [2.24, 2.45) is 11.5 Å². The molecule has 0 rings (SSSR count). The van der Waals surface area contributed by atoms with Gasteiger partial charge in [-0.25, -0.2) is 4.79 Å². The van der Waals surface area contributed by atoms with Crippen LogP contribution >= 0.6 is 0 Å². The molecule has 0 aliphatic rings. The predicted octanol–water partition coefficient (Wildman–Crippen LogP) is -0.990. The predicted molar refractivity (Wildman–Crippen MR) is 73.6 cm³/mol. The van der Waals surface area contributed by atoms with Crippen LogP contribution in [0.2, 0.25) is 0 Å². The van der Waals surface area contributed by atoms with E-state index >= 15 is 0 Å². The molecule has 0 saturated heterocycles. The van der Waals surface area contributed by atoms with Gasteiger partial charge in [-0.05, 0) is 39.8 Å². The Hall–Kier alpha value is -1.02. The van der Waals surface area contributed by atoms with Crippen molar-refractivity contribution >= 4 is 12.3 Å². The van der Waals surface area contributed by atoms with Crippen LogP contribution in [0.4, 0.5) is 0 Å². The van der Waals surface area contributed by atoms with Gasteiger partial charge in [-0.2, -0.15) is 0 Å². The number of carboxylic acid groups (broad SMARTS) is 1. The van der Waals surface area contributed by atoms with Crippen molar-refractivity contribution in [2.45, 2.75) is 50.9 Å². The minimum atomic E-state index is -1.44. The minimum absolute atomic E-state index is 0.0284. The number of aliphatic carboxylic acids is 1. The van der Waals surface area contributed by atoms with Crippen molar-refractivity contribution in [2.75, 3.05) is 13.1 Å². The van der Waals surface area contributed by atoms with Crippen molar-refractivity contribution in [1.29, 1.82) is 0 Å². The number of nitrogens with one attached hydrogen (secondary N) is 2. The van der Waals surface area contributed by atoms with Crippen molar-refractivity contribution in [3.05, 3.63) is 0 Å². The van der Waals surface area contributed by atoms with Gasteiger partial charge >= 0.3 is 5.97 Å². The van der Waals surface area contributed by atoms with E-state index in [0.717, 1.165) is 0 Å². The average molecular weight is 274 g/mol. The highest BCUT2D eigenvalue weighted by Crippen LogP contribution is 2.06. The lowest BCUT2D eigenvalue weighted by atomic mass is 10.1. The van der Waals surface area contributed by atoms with Gasteiger partial charge in [0.15, 0.2) is 5.66 Å². The van der Waals surface area contributed by atoms with Crippen LogP contribution < -0.4 is 22.1 Å². The zero-order valence-electron chi connectivity index (χ0n) is 11.7. The Morgan fingerprint density at radius 3 is 1.89 bits per heavy atom. The first kappa shape index (κ1) is 18.0. The second-order valence-corrected chi connectivity index (χ2v) is 4.97. The molecule has 0 aromatic rings. The maximum Gasteiger partial charge on any atom is 0.339 e. The van der Waals surface area contributed by atoms with E-state index in [9.17, 15) is 14.7 Å². The highest BCUT2D eigenvalue weighted by atomic mass is 16.4. The summed E-state index contributed by atoms with van der Waals surface area (Å²) < 4.78 is 0. The molecule has 7 nitrogen and oxygen atoms in total. The molecule has 0 aromatic heterocycles. The maximum atomic E-state index is 11.4. The number of carboxylic acids is 1. The summed E-state index contributed by atoms with van der Waals surface area (Å²) in [5.41, 5.74) is 9.80. The Balaban J connectivity index is 4.57. The van der Waals surface area contributed by atoms with Gasteiger partial charge < -0.3 is 21.4 Å². The van der Waals surface area contributed by atoms with Crippen molar-refractivity contribution in [3.63, 3.8) is 0 Å². The molecule has 0 aliphatic carbocycles. The first-order chi connectivity index (χ1) is 8.84. The molecule has 7 N–H and O–H groups in total. The summed E-state index contributed by atoms with van der Waals surface area (Å²) in [5.74, 6) is -1.10. The minimum Gasteiger partial charge on any atom is -0.479 e. The van der Waals surface area contributed by atoms with E-state index in [1.165, 1.54) is 0 Å². The molecule has 0 amide bonds. The van der Waals surface area contributed by atoms with Gasteiger partial charge in [0.05, 0.1) is 0 Å². The van der Waals surface area contributed by atoms with Crippen LogP contribution in [0.15, 0.2) is 0 Å². The Kier molecular flexibility index (Phi) is 8.49. The summed E-state index contributed by atoms with van der Waals surface area (Å²) in [5, 5.41) is 15.1. The highest BCUT2D eigenvalue weighted by molar-refractivity contribution is 5.81. The van der Waals surface area contributed by atoms with Gasteiger partial charge in [0, 0.05) is 18.5 Å². The first-order valence-corrected chi connectivity index (χ1v) is 6.52. The number of hydrogen-bond acceptors (Lipinski definition) is 6. The lowest BCUT2D eigenvalue weighted by molar-refractivity contribution is -0.148. The van der Waals surface area contributed by atoms with E-state index in [1.807, 2.05) is 13.8 Å². The SMILES string of the molecule is CC(N)CCNC(CC=O)(NCCC(C)N)C(=O)O. The molecule has 7 heteroatoms. The molecular weight excluding hydrogens is 248 g/mol. The van der Waals surface area contributed by atoms with E-state index in [1.54, 1.807) is 0 Å². The van der Waals surface area contributed by atoms with Crippen LogP contribution in [0, 0.1) is 0 Å². The summed E-state index contributed by atoms with van der Waals surface area (Å²) in [4.78, 5) is 22.1. The lowest BCUT2D eigenvalue weighted by Crippen LogP contribution is -2.63. The smallest absolute Gasteiger partial charge is 0.339 e. The molecule has 0 bridgehead atoms. The topological polar surface area (TPSA) is 130 Å². The van der Waals surface area contributed by atoms with Crippen LogP contribution in [0.1, 0.15) is 33.1 Å². The largest absolute Gasteiger partial charge is 0.479 e. The fraction of sp³-hybridized carbons (Fsp3) is 0.833. The molecule has 2 unspecified atom stereocenters. The van der Waals surface area contributed by atoms with E-state index in [-0.39, 0.29) is 18.5 Å². The summed E-state index contributed by atoms with van der Waals surface area (Å²) in [7, 11) is 0. The second-order valence-electron chi connectivity index (χ2n) is 4.97. The fourth-order valence-corrected chi connectivity index (χ4v) is 1.60. The Morgan fingerprint density at radius 2 is 1.63 bits per heavy atom. The highest BCUT2D eigenvalue weighted by Gasteiger charge is 2.37. The molecule has 0 aromatic carbocycles. The fourth-order valence-electron chi connectivity index (χ4n) is 1.60. The summed E-state index contributed by atoms with van der Waals surface area (Å²) >= 11 is 0. The number of aldehydes is 1. The van der Waals surface area contributed by atoms with Crippen molar-refractivity contribution < 1.29 is 14.7 Å². The second kappa shape index (κ2) is 8.98. The van der Waals surface area contributed by atoms with E-state index < -0.39 is 11.6 Å².